The predicted octanol–water partition coefficient (Wildman–Crippen LogP) is 4.61. The smallest absolute Gasteiger partial charge is 0.133 e. The second-order valence-electron chi connectivity index (χ2n) is 5.34. The van der Waals surface area contributed by atoms with Crippen LogP contribution in [0, 0.1) is 6.92 Å². The first-order valence-corrected chi connectivity index (χ1v) is 7.38. The molecule has 0 radical (unpaired) electrons. The van der Waals surface area contributed by atoms with Crippen molar-refractivity contribution in [3.63, 3.8) is 0 Å². The van der Waals surface area contributed by atoms with E-state index in [4.69, 9.17) is 4.98 Å². The zero-order valence-corrected chi connectivity index (χ0v) is 12.8. The molecule has 0 unspecified atom stereocenters. The number of imidazole rings is 1. The molecule has 0 aliphatic carbocycles. The quantitative estimate of drug-likeness (QED) is 0.683. The number of rotatable bonds is 3. The molecule has 106 valence electrons. The van der Waals surface area contributed by atoms with Gasteiger partial charge in [-0.15, -0.1) is 0 Å². The van der Waals surface area contributed by atoms with Crippen LogP contribution in [0.2, 0.25) is 0 Å². The Morgan fingerprint density at radius 1 is 1.05 bits per heavy atom. The van der Waals surface area contributed by atoms with E-state index in [1.54, 1.807) is 0 Å². The van der Waals surface area contributed by atoms with Crippen molar-refractivity contribution >= 4 is 23.2 Å². The Hall–Kier alpha value is -2.35. The van der Waals surface area contributed by atoms with E-state index in [-0.39, 0.29) is 0 Å². The second-order valence-corrected chi connectivity index (χ2v) is 5.34. The lowest BCUT2D eigenvalue weighted by Crippen LogP contribution is -1.91. The van der Waals surface area contributed by atoms with Crippen LogP contribution in [0.5, 0.6) is 0 Å². The molecule has 21 heavy (non-hydrogen) atoms. The Morgan fingerprint density at radius 3 is 2.52 bits per heavy atom. The van der Waals surface area contributed by atoms with Gasteiger partial charge in [-0.25, -0.2) is 4.98 Å². The molecule has 2 aromatic carbocycles. The summed E-state index contributed by atoms with van der Waals surface area (Å²) in [6.07, 6.45) is 5.24. The highest BCUT2D eigenvalue weighted by Gasteiger charge is 2.09. The Kier molecular flexibility index (Phi) is 3.61. The van der Waals surface area contributed by atoms with Crippen LogP contribution in [0.3, 0.4) is 0 Å². The monoisotopic (exact) mass is 276 g/mol. The summed E-state index contributed by atoms with van der Waals surface area (Å²) in [6, 6.07) is 14.7. The number of hydrogen-bond acceptors (Lipinski definition) is 1. The molecule has 1 aromatic heterocycles. The zero-order chi connectivity index (χ0) is 14.8. The molecule has 0 spiro atoms. The molecule has 3 rings (SSSR count). The maximum absolute atomic E-state index is 4.81. The molecule has 0 N–H and O–H groups in total. The molecule has 0 aliphatic heterocycles. The number of aryl methyl sites for hydroxylation is 3. The molecule has 0 saturated carbocycles. The molecule has 0 amide bonds. The summed E-state index contributed by atoms with van der Waals surface area (Å²) in [5.41, 5.74) is 6.17. The molecule has 0 atom stereocenters. The molecule has 0 saturated heterocycles. The summed E-state index contributed by atoms with van der Waals surface area (Å²) >= 11 is 0. The number of aromatic nitrogens is 2. The van der Waals surface area contributed by atoms with Gasteiger partial charge in [-0.1, -0.05) is 49.4 Å². The normalized spacial score (nSPS) is 11.6. The molecule has 3 aromatic rings. The zero-order valence-electron chi connectivity index (χ0n) is 12.8. The Bertz CT molecular complexity index is 795. The van der Waals surface area contributed by atoms with Gasteiger partial charge < -0.3 is 4.57 Å². The lowest BCUT2D eigenvalue weighted by atomic mass is 10.1. The van der Waals surface area contributed by atoms with E-state index in [0.717, 1.165) is 17.8 Å². The third-order valence-electron chi connectivity index (χ3n) is 4.06. The van der Waals surface area contributed by atoms with Gasteiger partial charge in [-0.05, 0) is 42.2 Å². The molecule has 0 fully saturated rings. The maximum atomic E-state index is 4.81. The summed E-state index contributed by atoms with van der Waals surface area (Å²) in [6.45, 7) is 4.35. The van der Waals surface area contributed by atoms with Gasteiger partial charge in [0.1, 0.15) is 5.82 Å². The fraction of sp³-hybridized carbons (Fsp3) is 0.211. The fourth-order valence-electron chi connectivity index (χ4n) is 2.72. The second kappa shape index (κ2) is 5.57. The van der Waals surface area contributed by atoms with Gasteiger partial charge in [-0.3, -0.25) is 0 Å². The van der Waals surface area contributed by atoms with Crippen molar-refractivity contribution in [1.82, 2.24) is 9.55 Å². The molecular weight excluding hydrogens is 256 g/mol. The maximum Gasteiger partial charge on any atom is 0.133 e. The van der Waals surface area contributed by atoms with E-state index in [2.05, 4.69) is 61.9 Å². The van der Waals surface area contributed by atoms with Crippen LogP contribution in [-0.2, 0) is 13.5 Å². The molecule has 0 bridgehead atoms. The van der Waals surface area contributed by atoms with Crippen LogP contribution < -0.4 is 0 Å². The SMILES string of the molecule is CCc1ccc2c(nc(C=Cc3ccccc3)n2C)c1C. The summed E-state index contributed by atoms with van der Waals surface area (Å²) in [5, 5.41) is 0. The van der Waals surface area contributed by atoms with Crippen LogP contribution >= 0.6 is 0 Å². The van der Waals surface area contributed by atoms with Crippen LogP contribution in [0.1, 0.15) is 29.4 Å². The third-order valence-corrected chi connectivity index (χ3v) is 4.06. The first-order chi connectivity index (χ1) is 10.2. The van der Waals surface area contributed by atoms with Crippen molar-refractivity contribution in [2.24, 2.45) is 7.05 Å². The van der Waals surface area contributed by atoms with Crippen molar-refractivity contribution in [3.05, 3.63) is 65.0 Å². The van der Waals surface area contributed by atoms with Crippen LogP contribution in [0.4, 0.5) is 0 Å². The van der Waals surface area contributed by atoms with Gasteiger partial charge in [0.2, 0.25) is 0 Å². The average molecular weight is 276 g/mol. The van der Waals surface area contributed by atoms with Gasteiger partial charge in [0, 0.05) is 7.05 Å². The minimum Gasteiger partial charge on any atom is -0.328 e. The summed E-state index contributed by atoms with van der Waals surface area (Å²) in [5.74, 6) is 0.991. The van der Waals surface area contributed by atoms with E-state index in [1.165, 1.54) is 22.2 Å². The topological polar surface area (TPSA) is 17.8 Å². The first kappa shape index (κ1) is 13.6. The van der Waals surface area contributed by atoms with E-state index in [0.29, 0.717) is 0 Å². The first-order valence-electron chi connectivity index (χ1n) is 7.38. The van der Waals surface area contributed by atoms with Crippen molar-refractivity contribution in [1.29, 1.82) is 0 Å². The van der Waals surface area contributed by atoms with Crippen molar-refractivity contribution in [3.8, 4) is 0 Å². The average Bonchev–Trinajstić information content (AvgIpc) is 2.84. The highest BCUT2D eigenvalue weighted by Crippen LogP contribution is 2.23. The third kappa shape index (κ3) is 2.49. The summed E-state index contributed by atoms with van der Waals surface area (Å²) in [7, 11) is 2.07. The van der Waals surface area contributed by atoms with Gasteiger partial charge >= 0.3 is 0 Å². The predicted molar refractivity (Wildman–Crippen MR) is 90.2 cm³/mol. The van der Waals surface area contributed by atoms with Crippen molar-refractivity contribution in [2.45, 2.75) is 20.3 Å². The standard InChI is InChI=1S/C19H20N2/c1-4-16-11-12-17-19(14(16)2)20-18(21(17)3)13-10-15-8-6-5-7-9-15/h5-13H,4H2,1-3H3. The molecule has 2 heteroatoms. The van der Waals surface area contributed by atoms with Gasteiger partial charge in [0.15, 0.2) is 0 Å². The molecular formula is C19H20N2. The number of hydrogen-bond donors (Lipinski definition) is 0. The van der Waals surface area contributed by atoms with Crippen molar-refractivity contribution < 1.29 is 0 Å². The minimum absolute atomic E-state index is 0.991. The summed E-state index contributed by atoms with van der Waals surface area (Å²) < 4.78 is 2.15. The van der Waals surface area contributed by atoms with E-state index < -0.39 is 0 Å². The molecule has 0 aliphatic rings. The lowest BCUT2D eigenvalue weighted by molar-refractivity contribution is 0.930. The van der Waals surface area contributed by atoms with E-state index >= 15 is 0 Å². The van der Waals surface area contributed by atoms with Gasteiger partial charge in [0.05, 0.1) is 11.0 Å². The highest BCUT2D eigenvalue weighted by atomic mass is 15.1. The Balaban J connectivity index is 2.06. The van der Waals surface area contributed by atoms with E-state index in [9.17, 15) is 0 Å². The minimum atomic E-state index is 0.991. The van der Waals surface area contributed by atoms with Crippen LogP contribution in [0.25, 0.3) is 23.2 Å². The lowest BCUT2D eigenvalue weighted by Gasteiger charge is -2.03. The number of fused-ring (bicyclic) bond motifs is 1. The molecule has 2 nitrogen and oxygen atoms in total. The fourth-order valence-corrected chi connectivity index (χ4v) is 2.72. The van der Waals surface area contributed by atoms with E-state index in [1.807, 2.05) is 18.2 Å². The van der Waals surface area contributed by atoms with Crippen molar-refractivity contribution in [2.75, 3.05) is 0 Å². The molecule has 1 heterocycles. The summed E-state index contributed by atoms with van der Waals surface area (Å²) in [4.78, 5) is 4.81. The number of benzene rings is 2. The highest BCUT2D eigenvalue weighted by molar-refractivity contribution is 5.83. The number of nitrogens with zero attached hydrogens (tertiary/aromatic N) is 2. The van der Waals surface area contributed by atoms with Gasteiger partial charge in [-0.2, -0.15) is 0 Å². The van der Waals surface area contributed by atoms with Crippen LogP contribution in [-0.4, -0.2) is 9.55 Å². The van der Waals surface area contributed by atoms with Crippen LogP contribution in [0.15, 0.2) is 42.5 Å². The largest absolute Gasteiger partial charge is 0.328 e. The van der Waals surface area contributed by atoms with Gasteiger partial charge in [0.25, 0.3) is 0 Å². The Labute approximate surface area is 125 Å². The Morgan fingerprint density at radius 2 is 1.81 bits per heavy atom.